The van der Waals surface area contributed by atoms with Gasteiger partial charge >= 0.3 is 0 Å². The molecule has 5 heteroatoms. The summed E-state index contributed by atoms with van der Waals surface area (Å²) in [5.41, 5.74) is 0. The van der Waals surface area contributed by atoms with Gasteiger partial charge < -0.3 is 14.2 Å². The summed E-state index contributed by atoms with van der Waals surface area (Å²) in [7, 11) is 1.59. The molecule has 0 spiro atoms. The summed E-state index contributed by atoms with van der Waals surface area (Å²) in [5.74, 6) is -0.944. The SMILES string of the molecule is CCCCOC(CCCCCOF)(OC)OCC. The molecule has 0 aromatic heterocycles. The predicted molar refractivity (Wildman–Crippen MR) is 67.8 cm³/mol. The first-order valence-corrected chi connectivity index (χ1v) is 6.81. The van der Waals surface area contributed by atoms with E-state index >= 15 is 0 Å². The van der Waals surface area contributed by atoms with Crippen molar-refractivity contribution in [1.82, 2.24) is 0 Å². The zero-order valence-electron chi connectivity index (χ0n) is 11.9. The maximum Gasteiger partial charge on any atom is 0.282 e. The molecule has 1 atom stereocenters. The highest BCUT2D eigenvalue weighted by molar-refractivity contribution is 4.58. The number of methoxy groups -OCH3 is 1. The molecule has 0 bridgehead atoms. The minimum atomic E-state index is -0.944. The zero-order chi connectivity index (χ0) is 13.7. The van der Waals surface area contributed by atoms with E-state index in [-0.39, 0.29) is 6.61 Å². The number of rotatable bonds is 13. The molecule has 1 unspecified atom stereocenters. The van der Waals surface area contributed by atoms with Gasteiger partial charge in [-0.15, -0.1) is 0 Å². The lowest BCUT2D eigenvalue weighted by Gasteiger charge is -2.31. The van der Waals surface area contributed by atoms with Crippen molar-refractivity contribution in [1.29, 1.82) is 0 Å². The van der Waals surface area contributed by atoms with Gasteiger partial charge in [0, 0.05) is 20.1 Å². The molecule has 0 aromatic rings. The van der Waals surface area contributed by atoms with Crippen molar-refractivity contribution in [2.24, 2.45) is 0 Å². The lowest BCUT2D eigenvalue weighted by Crippen LogP contribution is -2.38. The molecule has 110 valence electrons. The second-order valence-corrected chi connectivity index (χ2v) is 4.15. The van der Waals surface area contributed by atoms with Gasteiger partial charge in [-0.25, -0.2) is 0 Å². The van der Waals surface area contributed by atoms with E-state index in [1.165, 1.54) is 0 Å². The van der Waals surface area contributed by atoms with Gasteiger partial charge in [0.05, 0.1) is 13.2 Å². The Bertz CT molecular complexity index is 180. The van der Waals surface area contributed by atoms with Crippen LogP contribution in [0.1, 0.15) is 52.4 Å². The molecule has 4 nitrogen and oxygen atoms in total. The molecule has 0 saturated heterocycles. The van der Waals surface area contributed by atoms with Crippen LogP contribution in [-0.2, 0) is 19.2 Å². The summed E-state index contributed by atoms with van der Waals surface area (Å²) < 4.78 is 28.2. The Kier molecular flexibility index (Phi) is 11.7. The van der Waals surface area contributed by atoms with Crippen LogP contribution >= 0.6 is 0 Å². The highest BCUT2D eigenvalue weighted by Gasteiger charge is 2.30. The Balaban J connectivity index is 4.01. The Hall–Kier alpha value is -0.230. The fraction of sp³-hybridized carbons (Fsp3) is 1.00. The van der Waals surface area contributed by atoms with Gasteiger partial charge in [0.15, 0.2) is 0 Å². The van der Waals surface area contributed by atoms with Gasteiger partial charge in [0.1, 0.15) is 0 Å². The number of hydrogen-bond acceptors (Lipinski definition) is 4. The maximum atomic E-state index is 11.5. The van der Waals surface area contributed by atoms with Crippen molar-refractivity contribution in [3.8, 4) is 0 Å². The highest BCUT2D eigenvalue weighted by atomic mass is 19.3. The fourth-order valence-corrected chi connectivity index (χ4v) is 1.67. The van der Waals surface area contributed by atoms with Crippen LogP contribution in [-0.4, -0.2) is 32.9 Å². The molecule has 0 N–H and O–H groups in total. The van der Waals surface area contributed by atoms with E-state index < -0.39 is 5.97 Å². The third-order valence-corrected chi connectivity index (χ3v) is 2.70. The number of unbranched alkanes of at least 4 members (excludes halogenated alkanes) is 3. The largest absolute Gasteiger partial charge is 0.331 e. The van der Waals surface area contributed by atoms with E-state index in [4.69, 9.17) is 14.2 Å². The third kappa shape index (κ3) is 7.97. The van der Waals surface area contributed by atoms with E-state index in [1.54, 1.807) is 7.11 Å². The second-order valence-electron chi connectivity index (χ2n) is 4.15. The molecule has 0 aliphatic heterocycles. The van der Waals surface area contributed by atoms with Gasteiger partial charge in [0.2, 0.25) is 0 Å². The van der Waals surface area contributed by atoms with E-state index in [0.29, 0.717) is 26.1 Å². The summed E-state index contributed by atoms with van der Waals surface area (Å²) in [5, 5.41) is 0. The molecule has 0 radical (unpaired) electrons. The van der Waals surface area contributed by atoms with Crippen LogP contribution in [0.2, 0.25) is 0 Å². The van der Waals surface area contributed by atoms with Crippen LogP contribution < -0.4 is 0 Å². The van der Waals surface area contributed by atoms with Gasteiger partial charge in [-0.05, 0) is 30.7 Å². The van der Waals surface area contributed by atoms with Crippen LogP contribution in [0.4, 0.5) is 4.53 Å². The van der Waals surface area contributed by atoms with Gasteiger partial charge in [-0.3, -0.25) is 0 Å². The third-order valence-electron chi connectivity index (χ3n) is 2.70. The molecule has 0 aliphatic carbocycles. The lowest BCUT2D eigenvalue weighted by atomic mass is 10.1. The smallest absolute Gasteiger partial charge is 0.282 e. The lowest BCUT2D eigenvalue weighted by molar-refractivity contribution is -0.373. The Morgan fingerprint density at radius 2 is 1.72 bits per heavy atom. The minimum Gasteiger partial charge on any atom is -0.331 e. The fourth-order valence-electron chi connectivity index (χ4n) is 1.67. The quantitative estimate of drug-likeness (QED) is 0.377. The van der Waals surface area contributed by atoms with E-state index in [0.717, 1.165) is 25.7 Å². The summed E-state index contributed by atoms with van der Waals surface area (Å²) >= 11 is 0. The summed E-state index contributed by atoms with van der Waals surface area (Å²) in [4.78, 5) is 3.53. The monoisotopic (exact) mass is 266 g/mol. The second kappa shape index (κ2) is 11.8. The van der Waals surface area contributed by atoms with E-state index in [9.17, 15) is 4.53 Å². The predicted octanol–water partition coefficient (Wildman–Crippen LogP) is 3.60. The molecule has 0 amide bonds. The van der Waals surface area contributed by atoms with Crippen LogP contribution in [0.5, 0.6) is 0 Å². The Morgan fingerprint density at radius 3 is 2.28 bits per heavy atom. The van der Waals surface area contributed by atoms with Gasteiger partial charge in [-0.2, -0.15) is 4.94 Å². The number of halogens is 1. The van der Waals surface area contributed by atoms with E-state index in [2.05, 4.69) is 11.9 Å². The Labute approximate surface area is 110 Å². The van der Waals surface area contributed by atoms with Crippen molar-refractivity contribution in [3.63, 3.8) is 0 Å². The summed E-state index contributed by atoms with van der Waals surface area (Å²) in [6.07, 6.45) is 5.10. The first-order valence-electron chi connectivity index (χ1n) is 6.81. The molecule has 0 heterocycles. The molecule has 0 rings (SSSR count). The molecule has 18 heavy (non-hydrogen) atoms. The van der Waals surface area contributed by atoms with Crippen molar-refractivity contribution < 1.29 is 23.7 Å². The zero-order valence-corrected chi connectivity index (χ0v) is 11.9. The normalized spacial score (nSPS) is 14.7. The minimum absolute atomic E-state index is 0.144. The first kappa shape index (κ1) is 17.8. The van der Waals surface area contributed by atoms with Crippen LogP contribution in [0.3, 0.4) is 0 Å². The average Bonchev–Trinajstić information content (AvgIpc) is 2.38. The molecule has 0 aliphatic rings. The van der Waals surface area contributed by atoms with Crippen LogP contribution in [0.25, 0.3) is 0 Å². The topological polar surface area (TPSA) is 36.9 Å². The average molecular weight is 266 g/mol. The molecule has 0 fully saturated rings. The van der Waals surface area contributed by atoms with Crippen molar-refractivity contribution in [3.05, 3.63) is 0 Å². The molecule has 0 saturated carbocycles. The van der Waals surface area contributed by atoms with Crippen LogP contribution in [0.15, 0.2) is 0 Å². The molecular weight excluding hydrogens is 239 g/mol. The van der Waals surface area contributed by atoms with Crippen molar-refractivity contribution in [2.45, 2.75) is 58.3 Å². The summed E-state index contributed by atoms with van der Waals surface area (Å²) in [6, 6.07) is 0. The van der Waals surface area contributed by atoms with E-state index in [1.807, 2.05) is 6.92 Å². The van der Waals surface area contributed by atoms with Gasteiger partial charge in [-0.1, -0.05) is 19.8 Å². The molecule has 0 aromatic carbocycles. The molecular formula is C13H27FO4. The van der Waals surface area contributed by atoms with Crippen molar-refractivity contribution in [2.75, 3.05) is 26.9 Å². The highest BCUT2D eigenvalue weighted by Crippen LogP contribution is 2.23. The first-order chi connectivity index (χ1) is 8.74. The van der Waals surface area contributed by atoms with Crippen molar-refractivity contribution >= 4 is 0 Å². The number of ether oxygens (including phenoxy) is 3. The standard InChI is InChI=1S/C13H27FO4/c1-4-6-11-17-13(15-3,16-5-2)10-8-7-9-12-18-14/h4-12H2,1-3H3. The number of hydrogen-bond donors (Lipinski definition) is 0. The Morgan fingerprint density at radius 1 is 0.944 bits per heavy atom. The van der Waals surface area contributed by atoms with Crippen LogP contribution in [0, 0.1) is 0 Å². The summed E-state index contributed by atoms with van der Waals surface area (Å²) in [6.45, 7) is 5.32. The van der Waals surface area contributed by atoms with Gasteiger partial charge in [0.25, 0.3) is 5.97 Å². The maximum absolute atomic E-state index is 11.5.